The minimum absolute atomic E-state index is 0.783. The van der Waals surface area contributed by atoms with Crippen LogP contribution < -0.4 is 5.32 Å². The zero-order valence-corrected chi connectivity index (χ0v) is 11.5. The molecule has 0 radical (unpaired) electrons. The Bertz CT molecular complexity index is 457. The average Bonchev–Trinajstić information content (AvgIpc) is 2.83. The topological polar surface area (TPSA) is 37.8 Å². The van der Waals surface area contributed by atoms with Crippen molar-refractivity contribution in [1.29, 1.82) is 0 Å². The minimum atomic E-state index is 0.783. The van der Waals surface area contributed by atoms with E-state index in [-0.39, 0.29) is 0 Å². The Morgan fingerprint density at radius 3 is 2.81 bits per heavy atom. The van der Waals surface area contributed by atoms with Gasteiger partial charge in [0.05, 0.1) is 10.2 Å². The number of rotatable bonds is 3. The molecule has 84 valence electrons. The van der Waals surface area contributed by atoms with Crippen molar-refractivity contribution in [3.63, 3.8) is 0 Å². The van der Waals surface area contributed by atoms with Crippen LogP contribution in [0.4, 0.5) is 5.82 Å². The van der Waals surface area contributed by atoms with Crippen LogP contribution in [0.1, 0.15) is 12.6 Å². The Balaban J connectivity index is 2.56. The summed E-state index contributed by atoms with van der Waals surface area (Å²) in [5, 5.41) is 7.17. The largest absolute Gasteiger partial charge is 0.372 e. The molecule has 0 aromatic carbocycles. The van der Waals surface area contributed by atoms with Crippen molar-refractivity contribution >= 4 is 33.1 Å². The van der Waals surface area contributed by atoms with Gasteiger partial charge in [0.15, 0.2) is 5.82 Å². The van der Waals surface area contributed by atoms with Crippen LogP contribution in [-0.2, 0) is 6.42 Å². The Hall–Kier alpha value is -0.940. The number of hydrogen-bond donors (Lipinski definition) is 1. The van der Waals surface area contributed by atoms with Gasteiger partial charge < -0.3 is 5.32 Å². The maximum atomic E-state index is 4.55. The molecule has 16 heavy (non-hydrogen) atoms. The fraction of sp³-hybridized carbons (Fsp3) is 0.273. The molecule has 0 atom stereocenters. The first kappa shape index (κ1) is 11.5. The van der Waals surface area contributed by atoms with Crippen molar-refractivity contribution in [1.82, 2.24) is 9.97 Å². The first-order valence-corrected chi connectivity index (χ1v) is 6.76. The summed E-state index contributed by atoms with van der Waals surface area (Å²) in [4.78, 5) is 9.03. The quantitative estimate of drug-likeness (QED) is 0.941. The van der Waals surface area contributed by atoms with Crippen LogP contribution >= 0.6 is 27.3 Å². The van der Waals surface area contributed by atoms with Gasteiger partial charge in [-0.1, -0.05) is 6.92 Å². The number of halogens is 1. The highest BCUT2D eigenvalue weighted by Crippen LogP contribution is 2.27. The van der Waals surface area contributed by atoms with Gasteiger partial charge in [-0.05, 0) is 33.8 Å². The van der Waals surface area contributed by atoms with Gasteiger partial charge in [-0.2, -0.15) is 11.3 Å². The van der Waals surface area contributed by atoms with E-state index in [1.54, 1.807) is 11.3 Å². The van der Waals surface area contributed by atoms with Crippen LogP contribution in [0.25, 0.3) is 11.4 Å². The van der Waals surface area contributed by atoms with E-state index in [1.807, 2.05) is 18.5 Å². The summed E-state index contributed by atoms with van der Waals surface area (Å²) in [7, 11) is 1.87. The molecule has 2 heterocycles. The highest BCUT2D eigenvalue weighted by molar-refractivity contribution is 9.10. The number of thiophene rings is 1. The summed E-state index contributed by atoms with van der Waals surface area (Å²) in [6.07, 6.45) is 0.884. The second-order valence-electron chi connectivity index (χ2n) is 3.27. The summed E-state index contributed by atoms with van der Waals surface area (Å²) in [5.41, 5.74) is 2.10. The third kappa shape index (κ3) is 2.10. The second kappa shape index (κ2) is 4.93. The Kier molecular flexibility index (Phi) is 3.56. The number of aromatic nitrogens is 2. The van der Waals surface area contributed by atoms with E-state index < -0.39 is 0 Å². The predicted molar refractivity (Wildman–Crippen MR) is 72.0 cm³/mol. The zero-order chi connectivity index (χ0) is 11.5. The van der Waals surface area contributed by atoms with Crippen LogP contribution in [0.3, 0.4) is 0 Å². The fourth-order valence-electron chi connectivity index (χ4n) is 1.41. The molecule has 0 aliphatic heterocycles. The second-order valence-corrected chi connectivity index (χ2v) is 4.85. The molecule has 2 aromatic heterocycles. The molecule has 0 unspecified atom stereocenters. The maximum absolute atomic E-state index is 4.55. The number of nitrogens with zero attached hydrogens (tertiary/aromatic N) is 2. The molecule has 0 amide bonds. The van der Waals surface area contributed by atoms with E-state index in [9.17, 15) is 0 Å². The summed E-state index contributed by atoms with van der Waals surface area (Å²) in [5.74, 6) is 1.62. The van der Waals surface area contributed by atoms with Gasteiger partial charge >= 0.3 is 0 Å². The van der Waals surface area contributed by atoms with Gasteiger partial charge in [0.25, 0.3) is 0 Å². The molecule has 0 aliphatic carbocycles. The van der Waals surface area contributed by atoms with E-state index in [1.165, 1.54) is 0 Å². The molecule has 1 N–H and O–H groups in total. The Morgan fingerprint density at radius 1 is 1.44 bits per heavy atom. The molecule has 2 rings (SSSR count). The summed E-state index contributed by atoms with van der Waals surface area (Å²) < 4.78 is 0.955. The third-order valence-corrected chi connectivity index (χ3v) is 3.79. The lowest BCUT2D eigenvalue weighted by atomic mass is 10.2. The van der Waals surface area contributed by atoms with Crippen molar-refractivity contribution in [3.8, 4) is 11.4 Å². The van der Waals surface area contributed by atoms with Crippen molar-refractivity contribution in [2.45, 2.75) is 13.3 Å². The molecule has 0 bridgehead atoms. The standard InChI is InChI=1S/C11H12BrN3S/c1-3-8-9(12)11(13-2)15-10(14-8)7-4-5-16-6-7/h4-6H,3H2,1-2H3,(H,13,14,15). The molecule has 2 aromatic rings. The van der Waals surface area contributed by atoms with Crippen molar-refractivity contribution in [2.24, 2.45) is 0 Å². The summed E-state index contributed by atoms with van der Waals surface area (Å²) >= 11 is 5.17. The Labute approximate surface area is 107 Å². The number of hydrogen-bond acceptors (Lipinski definition) is 4. The predicted octanol–water partition coefficient (Wildman–Crippen LogP) is 3.57. The van der Waals surface area contributed by atoms with Gasteiger partial charge in [0.2, 0.25) is 0 Å². The van der Waals surface area contributed by atoms with Crippen molar-refractivity contribution < 1.29 is 0 Å². The van der Waals surface area contributed by atoms with Crippen LogP contribution in [0.15, 0.2) is 21.3 Å². The SMILES string of the molecule is CCc1nc(-c2ccsc2)nc(NC)c1Br. The van der Waals surface area contributed by atoms with Gasteiger partial charge in [-0.15, -0.1) is 0 Å². The van der Waals surface area contributed by atoms with E-state index in [0.717, 1.165) is 33.8 Å². The minimum Gasteiger partial charge on any atom is -0.372 e. The molecule has 0 saturated heterocycles. The number of anilines is 1. The molecule has 0 fully saturated rings. The van der Waals surface area contributed by atoms with E-state index >= 15 is 0 Å². The maximum Gasteiger partial charge on any atom is 0.162 e. The van der Waals surface area contributed by atoms with Crippen LogP contribution in [0, 0.1) is 0 Å². The summed E-state index contributed by atoms with van der Waals surface area (Å²) in [6.45, 7) is 2.09. The van der Waals surface area contributed by atoms with Gasteiger partial charge in [-0.25, -0.2) is 9.97 Å². The lowest BCUT2D eigenvalue weighted by molar-refractivity contribution is 0.992. The lowest BCUT2D eigenvalue weighted by Crippen LogP contribution is -2.02. The molecule has 0 aliphatic rings. The summed E-state index contributed by atoms with van der Waals surface area (Å²) in [6, 6.07) is 2.03. The molecule has 5 heteroatoms. The average molecular weight is 298 g/mol. The molecular formula is C11H12BrN3S. The zero-order valence-electron chi connectivity index (χ0n) is 9.12. The smallest absolute Gasteiger partial charge is 0.162 e. The lowest BCUT2D eigenvalue weighted by Gasteiger charge is -2.08. The first-order valence-electron chi connectivity index (χ1n) is 5.03. The van der Waals surface area contributed by atoms with Crippen LogP contribution in [0.5, 0.6) is 0 Å². The fourth-order valence-corrected chi connectivity index (χ4v) is 2.70. The van der Waals surface area contributed by atoms with E-state index in [0.29, 0.717) is 0 Å². The highest BCUT2D eigenvalue weighted by atomic mass is 79.9. The monoisotopic (exact) mass is 297 g/mol. The van der Waals surface area contributed by atoms with Crippen molar-refractivity contribution in [2.75, 3.05) is 12.4 Å². The third-order valence-electron chi connectivity index (χ3n) is 2.27. The van der Waals surface area contributed by atoms with Crippen molar-refractivity contribution in [3.05, 3.63) is 27.0 Å². The molecule has 0 saturated carbocycles. The van der Waals surface area contributed by atoms with E-state index in [4.69, 9.17) is 0 Å². The first-order chi connectivity index (χ1) is 7.76. The van der Waals surface area contributed by atoms with Gasteiger partial charge in [-0.3, -0.25) is 0 Å². The molecular weight excluding hydrogens is 286 g/mol. The van der Waals surface area contributed by atoms with E-state index in [2.05, 4.69) is 43.5 Å². The number of aryl methyl sites for hydroxylation is 1. The van der Waals surface area contributed by atoms with Crippen LogP contribution in [0.2, 0.25) is 0 Å². The van der Waals surface area contributed by atoms with Crippen LogP contribution in [-0.4, -0.2) is 17.0 Å². The van der Waals surface area contributed by atoms with Gasteiger partial charge in [0, 0.05) is 18.0 Å². The molecule has 0 spiro atoms. The normalized spacial score (nSPS) is 10.4. The Morgan fingerprint density at radius 2 is 2.25 bits per heavy atom. The number of nitrogens with one attached hydrogen (secondary N) is 1. The molecule has 3 nitrogen and oxygen atoms in total. The van der Waals surface area contributed by atoms with Gasteiger partial charge in [0.1, 0.15) is 5.82 Å². The highest BCUT2D eigenvalue weighted by Gasteiger charge is 2.11.